The summed E-state index contributed by atoms with van der Waals surface area (Å²) in [5.74, 6) is 0. The molecule has 0 radical (unpaired) electrons. The molecule has 8 heteroatoms. The number of carbonyl (C=O) groups is 1. The van der Waals surface area contributed by atoms with Crippen LogP contribution in [0.15, 0.2) is 35.2 Å². The number of amides is 1. The van der Waals surface area contributed by atoms with Gasteiger partial charge in [0, 0.05) is 0 Å². The van der Waals surface area contributed by atoms with Gasteiger partial charge in [0.25, 0.3) is 10.0 Å². The highest BCUT2D eigenvalue weighted by molar-refractivity contribution is 7.89. The van der Waals surface area contributed by atoms with Crippen molar-refractivity contribution in [2.24, 2.45) is 0 Å². The maximum atomic E-state index is 11.6. The topological polar surface area (TPSA) is 115 Å². The van der Waals surface area contributed by atoms with Crippen LogP contribution in [0.5, 0.6) is 0 Å². The first-order valence-corrected chi connectivity index (χ1v) is 5.46. The van der Waals surface area contributed by atoms with E-state index in [1.54, 1.807) is 0 Å². The smallest absolute Gasteiger partial charge is 0.324 e. The number of benzene rings is 1. The van der Waals surface area contributed by atoms with Crippen LogP contribution in [-0.4, -0.2) is 40.5 Å². The third-order valence-corrected chi connectivity index (χ3v) is 3.41. The Morgan fingerprint density at radius 3 is 2.00 bits per heavy atom. The number of rotatable bonds is 4. The van der Waals surface area contributed by atoms with Gasteiger partial charge in [0.15, 0.2) is 0 Å². The van der Waals surface area contributed by atoms with Crippen LogP contribution in [0.3, 0.4) is 0 Å². The molecule has 0 saturated heterocycles. The third kappa shape index (κ3) is 2.36. The quantitative estimate of drug-likeness (QED) is 0.437. The van der Waals surface area contributed by atoms with Gasteiger partial charge in [0.05, 0.1) is 4.90 Å². The summed E-state index contributed by atoms with van der Waals surface area (Å²) in [5, 5.41) is 26.1. The Labute approximate surface area is 91.2 Å². The predicted octanol–water partition coefficient (Wildman–Crippen LogP) is -1.58. The monoisotopic (exact) mass is 247 g/mol. The van der Waals surface area contributed by atoms with E-state index in [1.807, 2.05) is 0 Å². The Kier molecular flexibility index (Phi) is 3.29. The second kappa shape index (κ2) is 4.18. The lowest BCUT2D eigenvalue weighted by Crippen LogP contribution is -2.50. The van der Waals surface area contributed by atoms with Gasteiger partial charge in [-0.2, -0.15) is 4.31 Å². The summed E-state index contributed by atoms with van der Waals surface area (Å²) in [6.45, 7) is 0. The highest BCUT2D eigenvalue weighted by atomic mass is 32.2. The number of nitrogens with zero attached hydrogens (tertiary/aromatic N) is 1. The van der Waals surface area contributed by atoms with Crippen molar-refractivity contribution in [3.8, 4) is 0 Å². The zero-order valence-electron chi connectivity index (χ0n) is 7.89. The Morgan fingerprint density at radius 2 is 1.62 bits per heavy atom. The molecular weight excluding hydrogens is 238 g/mol. The van der Waals surface area contributed by atoms with Crippen molar-refractivity contribution in [3.05, 3.63) is 30.3 Å². The second-order valence-corrected chi connectivity index (χ2v) is 4.63. The van der Waals surface area contributed by atoms with E-state index in [4.69, 9.17) is 15.3 Å². The molecule has 1 aromatic carbocycles. The SMILES string of the molecule is O=CN(C(O)(O)O)S(=O)(=O)c1ccccc1. The maximum Gasteiger partial charge on any atom is 0.385 e. The molecule has 0 unspecified atom stereocenters. The number of carbonyl (C=O) groups excluding carboxylic acids is 1. The number of hydrogen-bond acceptors (Lipinski definition) is 6. The van der Waals surface area contributed by atoms with Crippen LogP contribution in [0.2, 0.25) is 0 Å². The van der Waals surface area contributed by atoms with Gasteiger partial charge in [-0.25, -0.2) is 8.42 Å². The molecule has 88 valence electrons. The summed E-state index contributed by atoms with van der Waals surface area (Å²) in [6, 6.07) is 6.57. The fourth-order valence-corrected chi connectivity index (χ4v) is 2.16. The summed E-state index contributed by atoms with van der Waals surface area (Å²) in [5.41, 5.74) is 0. The number of aliphatic hydroxyl groups is 3. The van der Waals surface area contributed by atoms with Crippen molar-refractivity contribution in [3.63, 3.8) is 0 Å². The van der Waals surface area contributed by atoms with Gasteiger partial charge < -0.3 is 15.3 Å². The van der Waals surface area contributed by atoms with Crippen LogP contribution in [0.1, 0.15) is 0 Å². The van der Waals surface area contributed by atoms with Crippen LogP contribution in [0.4, 0.5) is 0 Å². The fourth-order valence-electron chi connectivity index (χ4n) is 0.995. The van der Waals surface area contributed by atoms with Crippen LogP contribution >= 0.6 is 0 Å². The molecular formula is C8H9NO6S. The van der Waals surface area contributed by atoms with Gasteiger partial charge in [-0.3, -0.25) is 4.79 Å². The predicted molar refractivity (Wildman–Crippen MR) is 50.9 cm³/mol. The van der Waals surface area contributed by atoms with E-state index < -0.39 is 26.8 Å². The van der Waals surface area contributed by atoms with Gasteiger partial charge in [-0.15, -0.1) is 0 Å². The lowest BCUT2D eigenvalue weighted by molar-refractivity contribution is -0.358. The average Bonchev–Trinajstić information content (AvgIpc) is 2.17. The molecule has 0 aliphatic heterocycles. The Balaban J connectivity index is 3.26. The van der Waals surface area contributed by atoms with Crippen LogP contribution in [0.25, 0.3) is 0 Å². The summed E-state index contributed by atoms with van der Waals surface area (Å²) in [7, 11) is -4.49. The molecule has 1 rings (SSSR count). The Morgan fingerprint density at radius 1 is 1.12 bits per heavy atom. The summed E-state index contributed by atoms with van der Waals surface area (Å²) in [4.78, 5) is 10.1. The molecule has 0 heterocycles. The summed E-state index contributed by atoms with van der Waals surface area (Å²) >= 11 is 0. The molecule has 3 N–H and O–H groups in total. The van der Waals surface area contributed by atoms with Crippen LogP contribution in [0, 0.1) is 0 Å². The highest BCUT2D eigenvalue weighted by Crippen LogP contribution is 2.18. The zero-order valence-corrected chi connectivity index (χ0v) is 8.70. The molecule has 16 heavy (non-hydrogen) atoms. The van der Waals surface area contributed by atoms with E-state index in [0.717, 1.165) is 12.1 Å². The first-order chi connectivity index (χ1) is 7.30. The minimum atomic E-state index is -4.49. The summed E-state index contributed by atoms with van der Waals surface area (Å²) < 4.78 is 22.7. The van der Waals surface area contributed by atoms with Crippen molar-refractivity contribution in [2.45, 2.75) is 11.0 Å². The van der Waals surface area contributed by atoms with Crippen molar-refractivity contribution in [1.82, 2.24) is 4.31 Å². The van der Waals surface area contributed by atoms with Gasteiger partial charge >= 0.3 is 6.10 Å². The largest absolute Gasteiger partial charge is 0.385 e. The third-order valence-electron chi connectivity index (χ3n) is 1.69. The van der Waals surface area contributed by atoms with Crippen molar-refractivity contribution in [1.29, 1.82) is 0 Å². The maximum absolute atomic E-state index is 11.6. The molecule has 0 saturated carbocycles. The minimum Gasteiger partial charge on any atom is -0.324 e. The molecule has 0 fully saturated rings. The van der Waals surface area contributed by atoms with Gasteiger partial charge in [-0.05, 0) is 12.1 Å². The molecule has 0 atom stereocenters. The molecule has 0 spiro atoms. The normalized spacial score (nSPS) is 12.2. The molecule has 0 aromatic heterocycles. The van der Waals surface area contributed by atoms with Crippen LogP contribution in [-0.2, 0) is 14.8 Å². The standard InChI is InChI=1S/C8H9NO6S/c10-6-9(8(11,12)13)16(14,15)7-4-2-1-3-5-7/h1-6,11-13H. The van der Waals surface area contributed by atoms with Gasteiger partial charge in [-0.1, -0.05) is 18.2 Å². The van der Waals surface area contributed by atoms with E-state index in [9.17, 15) is 13.2 Å². The molecule has 1 aromatic rings. The van der Waals surface area contributed by atoms with E-state index in [2.05, 4.69) is 0 Å². The molecule has 0 aliphatic rings. The Bertz CT molecular complexity index is 463. The van der Waals surface area contributed by atoms with Crippen molar-refractivity contribution < 1.29 is 28.5 Å². The molecule has 0 bridgehead atoms. The lowest BCUT2D eigenvalue weighted by atomic mass is 10.4. The van der Waals surface area contributed by atoms with Gasteiger partial charge in [0.2, 0.25) is 6.41 Å². The fraction of sp³-hybridized carbons (Fsp3) is 0.125. The Hall–Kier alpha value is -1.48. The number of sulfonamides is 1. The van der Waals surface area contributed by atoms with E-state index in [-0.39, 0.29) is 4.90 Å². The number of hydrogen-bond donors (Lipinski definition) is 3. The van der Waals surface area contributed by atoms with E-state index in [0.29, 0.717) is 0 Å². The van der Waals surface area contributed by atoms with Gasteiger partial charge in [0.1, 0.15) is 0 Å². The molecule has 0 aliphatic carbocycles. The first kappa shape index (κ1) is 12.6. The zero-order chi connectivity index (χ0) is 12.4. The molecule has 7 nitrogen and oxygen atoms in total. The van der Waals surface area contributed by atoms with E-state index >= 15 is 0 Å². The minimum absolute atomic E-state index is 0.358. The summed E-state index contributed by atoms with van der Waals surface area (Å²) in [6.07, 6.45) is -4.17. The van der Waals surface area contributed by atoms with Crippen molar-refractivity contribution in [2.75, 3.05) is 0 Å². The molecule has 1 amide bonds. The highest BCUT2D eigenvalue weighted by Gasteiger charge is 2.39. The first-order valence-electron chi connectivity index (χ1n) is 4.02. The average molecular weight is 247 g/mol. The van der Waals surface area contributed by atoms with Crippen molar-refractivity contribution >= 4 is 16.4 Å². The van der Waals surface area contributed by atoms with Crippen LogP contribution < -0.4 is 0 Å². The lowest BCUT2D eigenvalue weighted by Gasteiger charge is -2.25. The van der Waals surface area contributed by atoms with E-state index in [1.165, 1.54) is 18.2 Å². The second-order valence-electron chi connectivity index (χ2n) is 2.82.